The number of ether oxygens (including phenoxy) is 1. The minimum absolute atomic E-state index is 0.109. The van der Waals surface area contributed by atoms with Crippen LogP contribution in [0, 0.1) is 0 Å². The summed E-state index contributed by atoms with van der Waals surface area (Å²) in [5.41, 5.74) is 6.59. The lowest BCUT2D eigenvalue weighted by Crippen LogP contribution is -2.41. The molecule has 3 rings (SSSR count). The number of thiophene rings is 1. The Labute approximate surface area is 126 Å². The number of carbonyl (C=O) groups is 1. The van der Waals surface area contributed by atoms with E-state index in [9.17, 15) is 4.79 Å². The number of fused-ring (bicyclic) bond motifs is 1. The quantitative estimate of drug-likeness (QED) is 0.879. The summed E-state index contributed by atoms with van der Waals surface area (Å²) in [6.07, 6.45) is 3.42. The molecule has 2 aromatic rings. The van der Waals surface area contributed by atoms with Crippen molar-refractivity contribution < 1.29 is 9.53 Å². The van der Waals surface area contributed by atoms with Gasteiger partial charge in [0.25, 0.3) is 5.91 Å². The zero-order valence-corrected chi connectivity index (χ0v) is 12.5. The molecule has 3 heterocycles. The fourth-order valence-electron chi connectivity index (χ4n) is 2.37. The largest absolute Gasteiger partial charge is 0.397 e. The number of nitrogens with two attached hydrogens (primary N) is 1. The Morgan fingerprint density at radius 2 is 2.29 bits per heavy atom. The van der Waals surface area contributed by atoms with E-state index in [2.05, 4.69) is 15.2 Å². The zero-order valence-electron chi connectivity index (χ0n) is 11.7. The van der Waals surface area contributed by atoms with Crippen molar-refractivity contribution in [2.75, 3.05) is 45.1 Å². The molecule has 6 nitrogen and oxygen atoms in total. The number of amides is 1. The molecule has 21 heavy (non-hydrogen) atoms. The maximum atomic E-state index is 12.2. The van der Waals surface area contributed by atoms with Crippen LogP contribution in [0.3, 0.4) is 0 Å². The molecule has 0 spiro atoms. The van der Waals surface area contributed by atoms with E-state index in [0.29, 0.717) is 17.1 Å². The highest BCUT2D eigenvalue weighted by Gasteiger charge is 2.16. The Morgan fingerprint density at radius 3 is 3.05 bits per heavy atom. The van der Waals surface area contributed by atoms with Crippen molar-refractivity contribution in [3.63, 3.8) is 0 Å². The van der Waals surface area contributed by atoms with Crippen LogP contribution in [0.1, 0.15) is 9.67 Å². The lowest BCUT2D eigenvalue weighted by molar-refractivity contribution is 0.0383. The minimum Gasteiger partial charge on any atom is -0.397 e. The first kappa shape index (κ1) is 14.2. The molecule has 1 aliphatic heterocycles. The smallest absolute Gasteiger partial charge is 0.263 e. The summed E-state index contributed by atoms with van der Waals surface area (Å²) in [4.78, 5) is 19.1. The first-order valence-corrected chi connectivity index (χ1v) is 7.77. The molecule has 0 bridgehead atoms. The number of carbonyl (C=O) groups excluding carboxylic acids is 1. The molecule has 1 saturated heterocycles. The van der Waals surface area contributed by atoms with Crippen molar-refractivity contribution in [1.82, 2.24) is 15.2 Å². The summed E-state index contributed by atoms with van der Waals surface area (Å²) in [7, 11) is 0. The van der Waals surface area contributed by atoms with Crippen LogP contribution < -0.4 is 11.1 Å². The number of aromatic nitrogens is 1. The summed E-state index contributed by atoms with van der Waals surface area (Å²) < 4.78 is 6.23. The summed E-state index contributed by atoms with van der Waals surface area (Å²) in [5, 5.41) is 3.83. The van der Waals surface area contributed by atoms with Gasteiger partial charge in [-0.1, -0.05) is 0 Å². The number of hydrogen-bond donors (Lipinski definition) is 2. The standard InChI is InChI=1S/C14H18N4O2S/c15-12-10-1-2-16-9-11(10)21-13(12)14(19)17-3-4-18-5-7-20-8-6-18/h1-2,9H,3-8,15H2,(H,17,19). The average molecular weight is 306 g/mol. The molecular formula is C14H18N4O2S. The van der Waals surface area contributed by atoms with Gasteiger partial charge in [0.1, 0.15) is 4.88 Å². The Morgan fingerprint density at radius 1 is 1.48 bits per heavy atom. The molecular weight excluding hydrogens is 288 g/mol. The van der Waals surface area contributed by atoms with Crippen LogP contribution >= 0.6 is 11.3 Å². The molecule has 2 aromatic heterocycles. The molecule has 0 atom stereocenters. The topological polar surface area (TPSA) is 80.5 Å². The van der Waals surface area contributed by atoms with Crippen LogP contribution in [-0.2, 0) is 4.74 Å². The molecule has 0 unspecified atom stereocenters. The average Bonchev–Trinajstić information content (AvgIpc) is 2.86. The zero-order chi connectivity index (χ0) is 14.7. The van der Waals surface area contributed by atoms with Gasteiger partial charge in [-0.2, -0.15) is 0 Å². The molecule has 0 aliphatic carbocycles. The summed E-state index contributed by atoms with van der Waals surface area (Å²) in [6.45, 7) is 4.83. The highest BCUT2D eigenvalue weighted by molar-refractivity contribution is 7.21. The predicted octanol–water partition coefficient (Wildman–Crippen LogP) is 0.940. The third-order valence-electron chi connectivity index (χ3n) is 3.55. The minimum atomic E-state index is -0.109. The molecule has 0 aromatic carbocycles. The Bertz CT molecular complexity index is 637. The van der Waals surface area contributed by atoms with E-state index in [4.69, 9.17) is 10.5 Å². The SMILES string of the molecule is Nc1c(C(=O)NCCN2CCOCC2)sc2cnccc12. The number of rotatable bonds is 4. The first-order chi connectivity index (χ1) is 10.3. The third-order valence-corrected chi connectivity index (χ3v) is 4.71. The highest BCUT2D eigenvalue weighted by Crippen LogP contribution is 2.32. The van der Waals surface area contributed by atoms with Gasteiger partial charge >= 0.3 is 0 Å². The summed E-state index contributed by atoms with van der Waals surface area (Å²) >= 11 is 1.38. The maximum absolute atomic E-state index is 12.2. The molecule has 7 heteroatoms. The van der Waals surface area contributed by atoms with E-state index in [0.717, 1.165) is 42.9 Å². The number of nitrogen functional groups attached to an aromatic ring is 1. The van der Waals surface area contributed by atoms with E-state index in [1.807, 2.05) is 6.07 Å². The van der Waals surface area contributed by atoms with Crippen molar-refractivity contribution in [2.24, 2.45) is 0 Å². The second kappa shape index (κ2) is 6.38. The number of nitrogens with zero attached hydrogens (tertiary/aromatic N) is 2. The second-order valence-electron chi connectivity index (χ2n) is 4.93. The molecule has 1 fully saturated rings. The van der Waals surface area contributed by atoms with E-state index in [1.54, 1.807) is 12.4 Å². The van der Waals surface area contributed by atoms with Crippen LogP contribution in [-0.4, -0.2) is 55.2 Å². The van der Waals surface area contributed by atoms with Crippen LogP contribution in [0.15, 0.2) is 18.5 Å². The molecule has 0 saturated carbocycles. The van der Waals surface area contributed by atoms with Crippen LogP contribution in [0.4, 0.5) is 5.69 Å². The first-order valence-electron chi connectivity index (χ1n) is 6.96. The van der Waals surface area contributed by atoms with Crippen molar-refractivity contribution in [1.29, 1.82) is 0 Å². The van der Waals surface area contributed by atoms with Crippen molar-refractivity contribution >= 4 is 33.0 Å². The Kier molecular flexibility index (Phi) is 4.33. The lowest BCUT2D eigenvalue weighted by atomic mass is 10.2. The van der Waals surface area contributed by atoms with Gasteiger partial charge in [0.15, 0.2) is 0 Å². The number of anilines is 1. The molecule has 0 radical (unpaired) electrons. The number of hydrogen-bond acceptors (Lipinski definition) is 6. The summed E-state index contributed by atoms with van der Waals surface area (Å²) in [5.74, 6) is -0.109. The van der Waals surface area contributed by atoms with Crippen LogP contribution in [0.25, 0.3) is 10.1 Å². The Balaban J connectivity index is 1.60. The second-order valence-corrected chi connectivity index (χ2v) is 5.98. The van der Waals surface area contributed by atoms with E-state index >= 15 is 0 Å². The fourth-order valence-corrected chi connectivity index (χ4v) is 3.38. The summed E-state index contributed by atoms with van der Waals surface area (Å²) in [6, 6.07) is 1.84. The maximum Gasteiger partial charge on any atom is 0.263 e. The van der Waals surface area contributed by atoms with Crippen LogP contribution in [0.5, 0.6) is 0 Å². The van der Waals surface area contributed by atoms with E-state index in [1.165, 1.54) is 11.3 Å². The normalized spacial score (nSPS) is 16.2. The van der Waals surface area contributed by atoms with Gasteiger partial charge < -0.3 is 15.8 Å². The van der Waals surface area contributed by atoms with Crippen LogP contribution in [0.2, 0.25) is 0 Å². The fraction of sp³-hybridized carbons (Fsp3) is 0.429. The van der Waals surface area contributed by atoms with Gasteiger partial charge in [-0.25, -0.2) is 0 Å². The molecule has 112 valence electrons. The number of pyridine rings is 1. The van der Waals surface area contributed by atoms with Crippen molar-refractivity contribution in [3.05, 3.63) is 23.3 Å². The van der Waals surface area contributed by atoms with E-state index in [-0.39, 0.29) is 5.91 Å². The van der Waals surface area contributed by atoms with Crippen molar-refractivity contribution in [3.8, 4) is 0 Å². The molecule has 1 aliphatic rings. The number of nitrogens with one attached hydrogen (secondary N) is 1. The van der Waals surface area contributed by atoms with Gasteiger partial charge in [0.05, 0.1) is 23.6 Å². The van der Waals surface area contributed by atoms with Crippen molar-refractivity contribution in [2.45, 2.75) is 0 Å². The molecule has 1 amide bonds. The molecule has 3 N–H and O–H groups in total. The van der Waals surface area contributed by atoms with Gasteiger partial charge in [-0.15, -0.1) is 11.3 Å². The van der Waals surface area contributed by atoms with Gasteiger partial charge in [0, 0.05) is 44.0 Å². The van der Waals surface area contributed by atoms with E-state index < -0.39 is 0 Å². The predicted molar refractivity (Wildman–Crippen MR) is 83.6 cm³/mol. The lowest BCUT2D eigenvalue weighted by Gasteiger charge is -2.26. The number of morpholine rings is 1. The van der Waals surface area contributed by atoms with Gasteiger partial charge in [-0.05, 0) is 6.07 Å². The van der Waals surface area contributed by atoms with Gasteiger partial charge in [-0.3, -0.25) is 14.7 Å². The third kappa shape index (κ3) is 3.15. The Hall–Kier alpha value is -1.70. The van der Waals surface area contributed by atoms with Gasteiger partial charge in [0.2, 0.25) is 0 Å². The highest BCUT2D eigenvalue weighted by atomic mass is 32.1. The monoisotopic (exact) mass is 306 g/mol.